The van der Waals surface area contributed by atoms with E-state index in [0.29, 0.717) is 17.8 Å². The molecule has 7 nitrogen and oxygen atoms in total. The predicted octanol–water partition coefficient (Wildman–Crippen LogP) is 4.31. The Labute approximate surface area is 189 Å². The standard InChI is InChI=1S/C23H24F3N5O2/c1-15-6-4-12-30(19(15)14-33-20-9-8-17(13-27-20)23(24,25)26)22(32)21-16(2)5-3-7-18(21)31-28-10-11-29-31/h3,5,7-11,13,15,19H,4,6,12,14H2,1-2H3. The van der Waals surface area contributed by atoms with E-state index in [9.17, 15) is 18.0 Å². The van der Waals surface area contributed by atoms with Crippen LogP contribution in [0, 0.1) is 12.8 Å². The zero-order valence-electron chi connectivity index (χ0n) is 18.3. The highest BCUT2D eigenvalue weighted by Gasteiger charge is 2.35. The highest BCUT2D eigenvalue weighted by Crippen LogP contribution is 2.30. The minimum Gasteiger partial charge on any atom is -0.475 e. The van der Waals surface area contributed by atoms with Crippen LogP contribution in [0.2, 0.25) is 0 Å². The number of hydrogen-bond donors (Lipinski definition) is 0. The molecule has 1 aliphatic rings. The number of amides is 1. The van der Waals surface area contributed by atoms with Gasteiger partial charge in [-0.05, 0) is 43.4 Å². The molecule has 2 aromatic heterocycles. The number of likely N-dealkylation sites (tertiary alicyclic amines) is 1. The molecule has 2 atom stereocenters. The van der Waals surface area contributed by atoms with Crippen molar-refractivity contribution in [2.24, 2.45) is 5.92 Å². The van der Waals surface area contributed by atoms with E-state index < -0.39 is 11.7 Å². The summed E-state index contributed by atoms with van der Waals surface area (Å²) in [5.41, 5.74) is 1.07. The molecule has 174 valence electrons. The topological polar surface area (TPSA) is 73.1 Å². The number of pyridine rings is 1. The van der Waals surface area contributed by atoms with Crippen molar-refractivity contribution < 1.29 is 22.7 Å². The van der Waals surface area contributed by atoms with Crippen molar-refractivity contribution >= 4 is 5.91 Å². The molecule has 0 bridgehead atoms. The molecule has 1 aliphatic heterocycles. The van der Waals surface area contributed by atoms with Crippen molar-refractivity contribution in [1.29, 1.82) is 0 Å². The molecular formula is C23H24F3N5O2. The summed E-state index contributed by atoms with van der Waals surface area (Å²) in [6.07, 6.45) is 1.16. The van der Waals surface area contributed by atoms with Crippen LogP contribution in [0.15, 0.2) is 48.9 Å². The van der Waals surface area contributed by atoms with Crippen LogP contribution < -0.4 is 4.74 Å². The van der Waals surface area contributed by atoms with Gasteiger partial charge in [-0.2, -0.15) is 28.2 Å². The van der Waals surface area contributed by atoms with Crippen LogP contribution >= 0.6 is 0 Å². The number of carbonyl (C=O) groups is 1. The van der Waals surface area contributed by atoms with Crippen LogP contribution in [0.4, 0.5) is 13.2 Å². The summed E-state index contributed by atoms with van der Waals surface area (Å²) in [4.78, 5) is 20.7. The van der Waals surface area contributed by atoms with Crippen molar-refractivity contribution in [3.8, 4) is 11.6 Å². The maximum Gasteiger partial charge on any atom is 0.417 e. The van der Waals surface area contributed by atoms with Gasteiger partial charge in [0.15, 0.2) is 0 Å². The second kappa shape index (κ2) is 9.21. The summed E-state index contributed by atoms with van der Waals surface area (Å²) in [5.74, 6) is 0.0823. The fourth-order valence-electron chi connectivity index (χ4n) is 4.14. The predicted molar refractivity (Wildman–Crippen MR) is 114 cm³/mol. The molecule has 3 heterocycles. The van der Waals surface area contributed by atoms with Gasteiger partial charge in [0, 0.05) is 18.8 Å². The van der Waals surface area contributed by atoms with Crippen LogP contribution in [0.3, 0.4) is 0 Å². The third-order valence-corrected chi connectivity index (χ3v) is 5.94. The summed E-state index contributed by atoms with van der Waals surface area (Å²) in [7, 11) is 0. The number of hydrogen-bond acceptors (Lipinski definition) is 5. The quantitative estimate of drug-likeness (QED) is 0.569. The molecule has 1 aromatic carbocycles. The number of ether oxygens (including phenoxy) is 1. The maximum atomic E-state index is 13.7. The summed E-state index contributed by atoms with van der Waals surface area (Å²) >= 11 is 0. The van der Waals surface area contributed by atoms with Gasteiger partial charge in [0.05, 0.1) is 35.2 Å². The Morgan fingerprint density at radius 1 is 1.18 bits per heavy atom. The zero-order chi connectivity index (χ0) is 23.6. The monoisotopic (exact) mass is 459 g/mol. The first kappa shape index (κ1) is 22.8. The molecule has 0 radical (unpaired) electrons. The highest BCUT2D eigenvalue weighted by molar-refractivity contribution is 5.99. The highest BCUT2D eigenvalue weighted by atomic mass is 19.4. The number of piperidine rings is 1. The Bertz CT molecular complexity index is 1100. The molecule has 1 saturated heterocycles. The fourth-order valence-corrected chi connectivity index (χ4v) is 4.14. The van der Waals surface area contributed by atoms with Crippen molar-refractivity contribution in [1.82, 2.24) is 24.9 Å². The average Bonchev–Trinajstić information content (AvgIpc) is 3.32. The Balaban J connectivity index is 1.56. The Kier molecular flexibility index (Phi) is 6.35. The van der Waals surface area contributed by atoms with E-state index in [2.05, 4.69) is 15.2 Å². The van der Waals surface area contributed by atoms with Crippen LogP contribution in [0.1, 0.15) is 41.3 Å². The molecule has 10 heteroatoms. The van der Waals surface area contributed by atoms with Crippen molar-refractivity contribution in [2.45, 2.75) is 38.9 Å². The lowest BCUT2D eigenvalue weighted by Crippen LogP contribution is -2.51. The fraction of sp³-hybridized carbons (Fsp3) is 0.391. The lowest BCUT2D eigenvalue weighted by Gasteiger charge is -2.40. The number of halogens is 3. The van der Waals surface area contributed by atoms with E-state index in [0.717, 1.165) is 30.7 Å². The number of alkyl halides is 3. The Morgan fingerprint density at radius 3 is 2.61 bits per heavy atom. The molecule has 0 saturated carbocycles. The smallest absolute Gasteiger partial charge is 0.417 e. The molecular weight excluding hydrogens is 435 g/mol. The van der Waals surface area contributed by atoms with E-state index in [-0.39, 0.29) is 30.4 Å². The van der Waals surface area contributed by atoms with Crippen molar-refractivity contribution in [2.75, 3.05) is 13.2 Å². The lowest BCUT2D eigenvalue weighted by atomic mass is 9.90. The van der Waals surface area contributed by atoms with Crippen LogP contribution in [0.5, 0.6) is 5.88 Å². The largest absolute Gasteiger partial charge is 0.475 e. The van der Waals surface area contributed by atoms with Crippen LogP contribution in [-0.2, 0) is 6.18 Å². The normalized spacial score (nSPS) is 18.9. The summed E-state index contributed by atoms with van der Waals surface area (Å²) in [6, 6.07) is 7.39. The summed E-state index contributed by atoms with van der Waals surface area (Å²) in [5, 5.41) is 8.34. The van der Waals surface area contributed by atoms with Gasteiger partial charge < -0.3 is 9.64 Å². The minimum absolute atomic E-state index is 0.0884. The SMILES string of the molecule is Cc1cccc(-n2nccn2)c1C(=O)N1CCCC(C)C1COc1ccc(C(F)(F)F)cn1. The molecule has 33 heavy (non-hydrogen) atoms. The van der Waals surface area contributed by atoms with E-state index >= 15 is 0 Å². The average molecular weight is 459 g/mol. The number of benzene rings is 1. The van der Waals surface area contributed by atoms with E-state index in [1.807, 2.05) is 26.0 Å². The van der Waals surface area contributed by atoms with Gasteiger partial charge in [-0.15, -0.1) is 0 Å². The molecule has 4 rings (SSSR count). The van der Waals surface area contributed by atoms with Crippen LogP contribution in [0.25, 0.3) is 5.69 Å². The minimum atomic E-state index is -4.46. The second-order valence-electron chi connectivity index (χ2n) is 8.17. The third-order valence-electron chi connectivity index (χ3n) is 5.94. The third kappa shape index (κ3) is 4.84. The number of aryl methyl sites for hydroxylation is 1. The van der Waals surface area contributed by atoms with E-state index in [4.69, 9.17) is 4.74 Å². The number of rotatable bonds is 5. The zero-order valence-corrected chi connectivity index (χ0v) is 18.3. The van der Waals surface area contributed by atoms with Gasteiger partial charge in [0.1, 0.15) is 6.61 Å². The molecule has 0 aliphatic carbocycles. The van der Waals surface area contributed by atoms with E-state index in [1.54, 1.807) is 23.4 Å². The summed E-state index contributed by atoms with van der Waals surface area (Å²) < 4.78 is 44.1. The van der Waals surface area contributed by atoms with Gasteiger partial charge in [-0.25, -0.2) is 4.98 Å². The number of carbonyl (C=O) groups excluding carboxylic acids is 1. The van der Waals surface area contributed by atoms with Crippen LogP contribution in [-0.4, -0.2) is 50.0 Å². The molecule has 2 unspecified atom stereocenters. The van der Waals surface area contributed by atoms with E-state index in [1.165, 1.54) is 10.9 Å². The summed E-state index contributed by atoms with van der Waals surface area (Å²) in [6.45, 7) is 4.59. The molecule has 0 N–H and O–H groups in total. The molecule has 0 spiro atoms. The van der Waals surface area contributed by atoms with Gasteiger partial charge in [-0.1, -0.05) is 19.1 Å². The second-order valence-corrected chi connectivity index (χ2v) is 8.17. The lowest BCUT2D eigenvalue weighted by molar-refractivity contribution is -0.137. The van der Waals surface area contributed by atoms with Crippen molar-refractivity contribution in [3.63, 3.8) is 0 Å². The van der Waals surface area contributed by atoms with Gasteiger partial charge in [-0.3, -0.25) is 4.79 Å². The Morgan fingerprint density at radius 2 is 1.94 bits per heavy atom. The van der Waals surface area contributed by atoms with Gasteiger partial charge in [0.25, 0.3) is 5.91 Å². The van der Waals surface area contributed by atoms with Crippen molar-refractivity contribution in [3.05, 3.63) is 65.6 Å². The van der Waals surface area contributed by atoms with Gasteiger partial charge >= 0.3 is 6.18 Å². The maximum absolute atomic E-state index is 13.7. The first-order valence-electron chi connectivity index (χ1n) is 10.7. The number of aromatic nitrogens is 4. The number of nitrogens with zero attached hydrogens (tertiary/aromatic N) is 5. The first-order valence-corrected chi connectivity index (χ1v) is 10.7. The molecule has 1 fully saturated rings. The first-order chi connectivity index (χ1) is 15.8. The molecule has 1 amide bonds. The molecule has 3 aromatic rings. The Hall–Kier alpha value is -3.43. The van der Waals surface area contributed by atoms with Gasteiger partial charge in [0.2, 0.25) is 5.88 Å².